The summed E-state index contributed by atoms with van der Waals surface area (Å²) in [6.07, 6.45) is 2.13. The maximum absolute atomic E-state index is 6.29. The van der Waals surface area contributed by atoms with Crippen LogP contribution >= 0.6 is 11.5 Å². The standard InChI is InChI=1S/C19H19N5OS/c1-13-20-18(26-23-13)16-7-8-17(22-21-16)24-10-4-9-19(12-24)15-6-3-2-5-14(15)11-25-19/h2-3,5-8H,4,9-12H2,1H3. The van der Waals surface area contributed by atoms with Crippen molar-refractivity contribution in [1.29, 1.82) is 0 Å². The molecule has 132 valence electrons. The Labute approximate surface area is 156 Å². The minimum absolute atomic E-state index is 0.217. The Bertz CT molecular complexity index is 937. The number of hydrogen-bond acceptors (Lipinski definition) is 7. The lowest BCUT2D eigenvalue weighted by atomic mass is 9.85. The maximum atomic E-state index is 6.29. The second-order valence-electron chi connectivity index (χ2n) is 6.89. The van der Waals surface area contributed by atoms with E-state index < -0.39 is 0 Å². The second kappa shape index (κ2) is 6.10. The Morgan fingerprint density at radius 2 is 2.08 bits per heavy atom. The van der Waals surface area contributed by atoms with Gasteiger partial charge in [-0.1, -0.05) is 24.3 Å². The van der Waals surface area contributed by atoms with Gasteiger partial charge in [-0.25, -0.2) is 4.98 Å². The summed E-state index contributed by atoms with van der Waals surface area (Å²) in [6.45, 7) is 4.37. The fourth-order valence-corrected chi connectivity index (χ4v) is 4.58. The molecule has 1 fully saturated rings. The summed E-state index contributed by atoms with van der Waals surface area (Å²) in [7, 11) is 0. The van der Waals surface area contributed by atoms with Gasteiger partial charge >= 0.3 is 0 Å². The van der Waals surface area contributed by atoms with E-state index in [0.29, 0.717) is 6.61 Å². The lowest BCUT2D eigenvalue weighted by Gasteiger charge is -2.40. The smallest absolute Gasteiger partial charge is 0.164 e. The van der Waals surface area contributed by atoms with Crippen molar-refractivity contribution in [3.05, 3.63) is 53.3 Å². The first-order valence-corrected chi connectivity index (χ1v) is 9.63. The van der Waals surface area contributed by atoms with Gasteiger partial charge in [0.25, 0.3) is 0 Å². The van der Waals surface area contributed by atoms with Crippen molar-refractivity contribution >= 4 is 17.4 Å². The molecular formula is C19H19N5OS. The fourth-order valence-electron chi connectivity index (χ4n) is 3.95. The van der Waals surface area contributed by atoms with Crippen molar-refractivity contribution < 1.29 is 4.74 Å². The third kappa shape index (κ3) is 2.59. The van der Waals surface area contributed by atoms with Crippen LogP contribution in [0.15, 0.2) is 36.4 Å². The van der Waals surface area contributed by atoms with Crippen molar-refractivity contribution in [2.24, 2.45) is 0 Å². The summed E-state index contributed by atoms with van der Waals surface area (Å²) in [5.41, 5.74) is 3.19. The molecule has 7 heteroatoms. The molecule has 0 bridgehead atoms. The van der Waals surface area contributed by atoms with Crippen molar-refractivity contribution in [2.75, 3.05) is 18.0 Å². The minimum Gasteiger partial charge on any atom is -0.364 e. The average molecular weight is 365 g/mol. The molecule has 4 heterocycles. The average Bonchev–Trinajstić information content (AvgIpc) is 3.27. The summed E-state index contributed by atoms with van der Waals surface area (Å²) < 4.78 is 10.5. The summed E-state index contributed by atoms with van der Waals surface area (Å²) in [6, 6.07) is 12.6. The zero-order valence-corrected chi connectivity index (χ0v) is 15.4. The predicted molar refractivity (Wildman–Crippen MR) is 100 cm³/mol. The van der Waals surface area contributed by atoms with Gasteiger partial charge in [0.2, 0.25) is 0 Å². The van der Waals surface area contributed by atoms with Crippen molar-refractivity contribution in [3.63, 3.8) is 0 Å². The maximum Gasteiger partial charge on any atom is 0.164 e. The molecule has 1 aromatic carbocycles. The van der Waals surface area contributed by atoms with Gasteiger partial charge in [0.05, 0.1) is 13.2 Å². The zero-order chi connectivity index (χ0) is 17.6. The van der Waals surface area contributed by atoms with Crippen molar-refractivity contribution in [1.82, 2.24) is 19.6 Å². The fraction of sp³-hybridized carbons (Fsp3) is 0.368. The third-order valence-corrected chi connectivity index (χ3v) is 6.02. The first-order valence-electron chi connectivity index (χ1n) is 8.85. The molecule has 26 heavy (non-hydrogen) atoms. The third-order valence-electron chi connectivity index (χ3n) is 5.19. The number of aromatic nitrogens is 4. The number of ether oxygens (including phenoxy) is 1. The van der Waals surface area contributed by atoms with Crippen LogP contribution in [-0.2, 0) is 16.9 Å². The number of nitrogens with zero attached hydrogens (tertiary/aromatic N) is 5. The van der Waals surface area contributed by atoms with Gasteiger partial charge in [-0.2, -0.15) is 4.37 Å². The Morgan fingerprint density at radius 1 is 1.15 bits per heavy atom. The Morgan fingerprint density at radius 3 is 2.88 bits per heavy atom. The first-order chi connectivity index (χ1) is 12.7. The summed E-state index contributed by atoms with van der Waals surface area (Å²) in [5.74, 6) is 1.66. The van der Waals surface area contributed by atoms with Gasteiger partial charge < -0.3 is 9.64 Å². The lowest BCUT2D eigenvalue weighted by molar-refractivity contribution is -0.0471. The minimum atomic E-state index is -0.217. The molecule has 5 rings (SSSR count). The monoisotopic (exact) mass is 365 g/mol. The number of hydrogen-bond donors (Lipinski definition) is 0. The van der Waals surface area contributed by atoms with E-state index in [1.165, 1.54) is 22.7 Å². The zero-order valence-electron chi connectivity index (χ0n) is 14.6. The number of aryl methyl sites for hydroxylation is 1. The van der Waals surface area contributed by atoms with E-state index in [2.05, 4.69) is 48.7 Å². The highest BCUT2D eigenvalue weighted by molar-refractivity contribution is 7.09. The van der Waals surface area contributed by atoms with E-state index in [1.54, 1.807) is 0 Å². The van der Waals surface area contributed by atoms with Gasteiger partial charge in [0, 0.05) is 6.54 Å². The van der Waals surface area contributed by atoms with Crippen LogP contribution in [0, 0.1) is 6.92 Å². The highest BCUT2D eigenvalue weighted by atomic mass is 32.1. The van der Waals surface area contributed by atoms with Gasteiger partial charge in [0.15, 0.2) is 10.8 Å². The van der Waals surface area contributed by atoms with Crippen LogP contribution in [0.5, 0.6) is 0 Å². The van der Waals surface area contributed by atoms with Crippen LogP contribution in [0.2, 0.25) is 0 Å². The van der Waals surface area contributed by atoms with Crippen molar-refractivity contribution in [2.45, 2.75) is 32.0 Å². The number of rotatable bonds is 2. The van der Waals surface area contributed by atoms with E-state index in [1.807, 2.05) is 19.1 Å². The number of anilines is 1. The molecule has 0 N–H and O–H groups in total. The molecule has 1 spiro atoms. The van der Waals surface area contributed by atoms with Crippen LogP contribution in [-0.4, -0.2) is 32.6 Å². The Balaban J connectivity index is 1.41. The van der Waals surface area contributed by atoms with Gasteiger partial charge in [-0.05, 0) is 54.6 Å². The van der Waals surface area contributed by atoms with Crippen LogP contribution in [0.1, 0.15) is 29.8 Å². The second-order valence-corrected chi connectivity index (χ2v) is 7.64. The molecule has 1 unspecified atom stereocenters. The summed E-state index contributed by atoms with van der Waals surface area (Å²) in [4.78, 5) is 6.66. The topological polar surface area (TPSA) is 64.0 Å². The molecule has 2 aliphatic heterocycles. The van der Waals surface area contributed by atoms with Crippen LogP contribution in [0.3, 0.4) is 0 Å². The predicted octanol–water partition coefficient (Wildman–Crippen LogP) is 3.33. The molecule has 2 aliphatic rings. The quantitative estimate of drug-likeness (QED) is 0.694. The van der Waals surface area contributed by atoms with Gasteiger partial charge in [-0.3, -0.25) is 0 Å². The molecule has 0 radical (unpaired) electrons. The molecule has 0 aliphatic carbocycles. The number of benzene rings is 1. The molecule has 6 nitrogen and oxygen atoms in total. The number of piperidine rings is 1. The summed E-state index contributed by atoms with van der Waals surface area (Å²) >= 11 is 1.35. The van der Waals surface area contributed by atoms with E-state index in [0.717, 1.165) is 48.3 Å². The number of fused-ring (bicyclic) bond motifs is 2. The van der Waals surface area contributed by atoms with E-state index in [-0.39, 0.29) is 5.60 Å². The van der Waals surface area contributed by atoms with E-state index >= 15 is 0 Å². The van der Waals surface area contributed by atoms with Crippen LogP contribution in [0.25, 0.3) is 10.7 Å². The lowest BCUT2D eigenvalue weighted by Crippen LogP contribution is -2.46. The van der Waals surface area contributed by atoms with E-state index in [4.69, 9.17) is 4.74 Å². The largest absolute Gasteiger partial charge is 0.364 e. The van der Waals surface area contributed by atoms with Crippen molar-refractivity contribution in [3.8, 4) is 10.7 Å². The van der Waals surface area contributed by atoms with Gasteiger partial charge in [-0.15, -0.1) is 10.2 Å². The highest BCUT2D eigenvalue weighted by Gasteiger charge is 2.43. The summed E-state index contributed by atoms with van der Waals surface area (Å²) in [5, 5.41) is 9.64. The normalized spacial score (nSPS) is 22.0. The molecule has 0 amide bonds. The SMILES string of the molecule is Cc1nsc(-c2ccc(N3CCCC4(C3)OCc3ccccc34)nn2)n1. The van der Waals surface area contributed by atoms with E-state index in [9.17, 15) is 0 Å². The first kappa shape index (κ1) is 15.8. The molecular weight excluding hydrogens is 346 g/mol. The molecule has 1 saturated heterocycles. The molecule has 1 atom stereocenters. The van der Waals surface area contributed by atoms with Gasteiger partial charge in [0.1, 0.15) is 17.1 Å². The Kier molecular flexibility index (Phi) is 3.72. The van der Waals surface area contributed by atoms with Crippen LogP contribution < -0.4 is 4.90 Å². The van der Waals surface area contributed by atoms with Crippen LogP contribution in [0.4, 0.5) is 5.82 Å². The molecule has 0 saturated carbocycles. The molecule has 3 aromatic rings. The highest BCUT2D eigenvalue weighted by Crippen LogP contribution is 2.43. The Hall–Kier alpha value is -2.38. The molecule has 2 aromatic heterocycles.